The summed E-state index contributed by atoms with van der Waals surface area (Å²) >= 11 is 0. The molecular weight excluding hydrogens is 220 g/mol. The van der Waals surface area contributed by atoms with Gasteiger partial charge in [0.05, 0.1) is 13.2 Å². The second-order valence-electron chi connectivity index (χ2n) is 5.21. The summed E-state index contributed by atoms with van der Waals surface area (Å²) in [5, 5.41) is 0. The maximum absolute atomic E-state index is 6.17. The molecule has 1 saturated heterocycles. The Morgan fingerprint density at radius 2 is 1.62 bits per heavy atom. The van der Waals surface area contributed by atoms with Gasteiger partial charge >= 0.3 is 8.56 Å². The molecule has 0 radical (unpaired) electrons. The van der Waals surface area contributed by atoms with Gasteiger partial charge in [-0.3, -0.25) is 0 Å². The molecule has 1 aliphatic heterocycles. The number of hydrogen-bond acceptors (Lipinski definition) is 3. The Balaban J connectivity index is 2.61. The van der Waals surface area contributed by atoms with Crippen molar-refractivity contribution < 1.29 is 13.6 Å². The van der Waals surface area contributed by atoms with Crippen LogP contribution < -0.4 is 0 Å². The molecule has 0 amide bonds. The lowest BCUT2D eigenvalue weighted by molar-refractivity contribution is -0.0299. The summed E-state index contributed by atoms with van der Waals surface area (Å²) in [6, 6.07) is 2.11. The van der Waals surface area contributed by atoms with Crippen LogP contribution in [0, 0.1) is 5.92 Å². The third-order valence-corrected chi connectivity index (χ3v) is 6.83. The monoisotopic (exact) mass is 246 g/mol. The van der Waals surface area contributed by atoms with E-state index in [4.69, 9.17) is 13.6 Å². The van der Waals surface area contributed by atoms with Crippen molar-refractivity contribution in [2.75, 3.05) is 13.2 Å². The standard InChI is InChI=1S/C12H26O3Si/c1-6-16(14-10(2)3,15-11(4)5)9-12-7-13-8-12/h10-12H,6-9H2,1-5H3. The Morgan fingerprint density at radius 1 is 1.12 bits per heavy atom. The van der Waals surface area contributed by atoms with Gasteiger partial charge in [-0.25, -0.2) is 0 Å². The summed E-state index contributed by atoms with van der Waals surface area (Å²) in [4.78, 5) is 0. The lowest BCUT2D eigenvalue weighted by Crippen LogP contribution is -2.49. The molecule has 0 aliphatic carbocycles. The van der Waals surface area contributed by atoms with Crippen molar-refractivity contribution in [3.63, 3.8) is 0 Å². The zero-order valence-electron chi connectivity index (χ0n) is 11.3. The van der Waals surface area contributed by atoms with Crippen molar-refractivity contribution in [3.05, 3.63) is 0 Å². The van der Waals surface area contributed by atoms with Crippen molar-refractivity contribution in [1.82, 2.24) is 0 Å². The van der Waals surface area contributed by atoms with E-state index in [0.717, 1.165) is 25.3 Å². The van der Waals surface area contributed by atoms with Gasteiger partial charge in [-0.05, 0) is 39.8 Å². The van der Waals surface area contributed by atoms with Gasteiger partial charge in [0, 0.05) is 18.1 Å². The smallest absolute Gasteiger partial charge is 0.338 e. The van der Waals surface area contributed by atoms with Gasteiger partial charge in [-0.1, -0.05) is 6.92 Å². The SMILES string of the molecule is CC[Si](CC1COC1)(OC(C)C)OC(C)C. The molecule has 1 rings (SSSR count). The molecule has 0 unspecified atom stereocenters. The van der Waals surface area contributed by atoms with Gasteiger partial charge in [0.15, 0.2) is 0 Å². The van der Waals surface area contributed by atoms with Gasteiger partial charge in [-0.2, -0.15) is 0 Å². The number of hydrogen-bond donors (Lipinski definition) is 0. The normalized spacial score (nSPS) is 18.2. The molecule has 1 heterocycles. The van der Waals surface area contributed by atoms with E-state index in [2.05, 4.69) is 34.6 Å². The van der Waals surface area contributed by atoms with Crippen molar-refractivity contribution in [3.8, 4) is 0 Å². The van der Waals surface area contributed by atoms with Crippen LogP contribution in [0.2, 0.25) is 12.1 Å². The van der Waals surface area contributed by atoms with Crippen molar-refractivity contribution in [2.45, 2.75) is 58.9 Å². The topological polar surface area (TPSA) is 27.7 Å². The van der Waals surface area contributed by atoms with Gasteiger partial charge in [0.25, 0.3) is 0 Å². The molecule has 0 aromatic rings. The lowest BCUT2D eigenvalue weighted by atomic mass is 10.1. The average molecular weight is 246 g/mol. The highest BCUT2D eigenvalue weighted by Crippen LogP contribution is 2.30. The van der Waals surface area contributed by atoms with E-state index in [0.29, 0.717) is 5.92 Å². The molecule has 0 bridgehead atoms. The first-order valence-corrected chi connectivity index (χ1v) is 8.64. The average Bonchev–Trinajstić information content (AvgIpc) is 2.09. The second-order valence-corrected chi connectivity index (χ2v) is 8.61. The molecule has 0 spiro atoms. The summed E-state index contributed by atoms with van der Waals surface area (Å²) in [5.41, 5.74) is 0. The first-order valence-electron chi connectivity index (χ1n) is 6.41. The van der Waals surface area contributed by atoms with E-state index in [9.17, 15) is 0 Å². The predicted molar refractivity (Wildman–Crippen MR) is 67.8 cm³/mol. The highest BCUT2D eigenvalue weighted by Gasteiger charge is 2.41. The van der Waals surface area contributed by atoms with Crippen LogP contribution in [0.1, 0.15) is 34.6 Å². The molecular formula is C12H26O3Si. The molecule has 0 N–H and O–H groups in total. The molecule has 1 fully saturated rings. The Morgan fingerprint density at radius 3 is 1.88 bits per heavy atom. The molecule has 0 aromatic carbocycles. The summed E-state index contributed by atoms with van der Waals surface area (Å²) in [6.45, 7) is 12.3. The highest BCUT2D eigenvalue weighted by atomic mass is 28.4. The lowest BCUT2D eigenvalue weighted by Gasteiger charge is -2.38. The fourth-order valence-corrected chi connectivity index (χ4v) is 5.84. The number of rotatable bonds is 7. The van der Waals surface area contributed by atoms with Crippen molar-refractivity contribution in [1.29, 1.82) is 0 Å². The maximum atomic E-state index is 6.17. The fraction of sp³-hybridized carbons (Fsp3) is 1.00. The Labute approximate surface area is 101 Å². The van der Waals surface area contributed by atoms with Crippen molar-refractivity contribution in [2.24, 2.45) is 5.92 Å². The van der Waals surface area contributed by atoms with Crippen LogP contribution in [-0.4, -0.2) is 34.0 Å². The minimum Gasteiger partial charge on any atom is -0.392 e. The fourth-order valence-electron chi connectivity index (χ4n) is 2.14. The quantitative estimate of drug-likeness (QED) is 0.646. The van der Waals surface area contributed by atoms with E-state index in [-0.39, 0.29) is 12.2 Å². The van der Waals surface area contributed by atoms with Crippen LogP contribution >= 0.6 is 0 Å². The molecule has 96 valence electrons. The summed E-state index contributed by atoms with van der Waals surface area (Å²) in [6.07, 6.45) is 0.512. The summed E-state index contributed by atoms with van der Waals surface area (Å²) in [7, 11) is -2.01. The molecule has 4 heteroatoms. The molecule has 1 aliphatic rings. The van der Waals surface area contributed by atoms with Crippen LogP contribution in [0.4, 0.5) is 0 Å². The Bertz CT molecular complexity index is 192. The van der Waals surface area contributed by atoms with Crippen LogP contribution in [0.5, 0.6) is 0 Å². The summed E-state index contributed by atoms with van der Waals surface area (Å²) < 4.78 is 17.6. The summed E-state index contributed by atoms with van der Waals surface area (Å²) in [5.74, 6) is 0.657. The van der Waals surface area contributed by atoms with Crippen molar-refractivity contribution >= 4 is 8.56 Å². The van der Waals surface area contributed by atoms with Crippen LogP contribution in [0.15, 0.2) is 0 Å². The highest BCUT2D eigenvalue weighted by molar-refractivity contribution is 6.67. The second kappa shape index (κ2) is 6.14. The Hall–Kier alpha value is 0.0969. The van der Waals surface area contributed by atoms with Gasteiger partial charge < -0.3 is 13.6 Å². The molecule has 0 saturated carbocycles. The Kier molecular flexibility index (Phi) is 5.44. The van der Waals surface area contributed by atoms with E-state index in [1.807, 2.05) is 0 Å². The predicted octanol–water partition coefficient (Wildman–Crippen LogP) is 2.94. The van der Waals surface area contributed by atoms with Crippen LogP contribution in [0.25, 0.3) is 0 Å². The largest absolute Gasteiger partial charge is 0.392 e. The van der Waals surface area contributed by atoms with Gasteiger partial charge in [0.1, 0.15) is 0 Å². The maximum Gasteiger partial charge on any atom is 0.338 e. The number of ether oxygens (including phenoxy) is 1. The molecule has 3 nitrogen and oxygen atoms in total. The van der Waals surface area contributed by atoms with Crippen LogP contribution in [-0.2, 0) is 13.6 Å². The molecule has 0 aromatic heterocycles. The van der Waals surface area contributed by atoms with E-state index >= 15 is 0 Å². The minimum atomic E-state index is -2.01. The minimum absolute atomic E-state index is 0.256. The third-order valence-electron chi connectivity index (χ3n) is 2.75. The van der Waals surface area contributed by atoms with Crippen LogP contribution in [0.3, 0.4) is 0 Å². The third kappa shape index (κ3) is 4.16. The molecule has 16 heavy (non-hydrogen) atoms. The zero-order chi connectivity index (χ0) is 12.2. The van der Waals surface area contributed by atoms with E-state index < -0.39 is 8.56 Å². The first kappa shape index (κ1) is 14.2. The zero-order valence-corrected chi connectivity index (χ0v) is 12.3. The molecule has 0 atom stereocenters. The van der Waals surface area contributed by atoms with E-state index in [1.165, 1.54) is 0 Å². The van der Waals surface area contributed by atoms with Gasteiger partial charge in [0.2, 0.25) is 0 Å². The van der Waals surface area contributed by atoms with E-state index in [1.54, 1.807) is 0 Å². The van der Waals surface area contributed by atoms with Gasteiger partial charge in [-0.15, -0.1) is 0 Å². The first-order chi connectivity index (χ1) is 7.47.